The summed E-state index contributed by atoms with van der Waals surface area (Å²) < 4.78 is 0. The van der Waals surface area contributed by atoms with Crippen molar-refractivity contribution >= 4 is 17.6 Å². The number of phenols is 1. The summed E-state index contributed by atoms with van der Waals surface area (Å²) in [7, 11) is 1.81. The molecule has 0 aliphatic carbocycles. The lowest BCUT2D eigenvalue weighted by Gasteiger charge is -2.31. The number of likely N-dealkylation sites (tertiary alicyclic amines) is 1. The number of phenolic OH excluding ortho intramolecular Hbond substituents is 1. The fourth-order valence-electron chi connectivity index (χ4n) is 2.48. The summed E-state index contributed by atoms with van der Waals surface area (Å²) in [5, 5.41) is 18.2. The number of carboxylic acids is 1. The Balaban J connectivity index is 1.87. The Morgan fingerprint density at radius 2 is 1.81 bits per heavy atom. The van der Waals surface area contributed by atoms with Crippen molar-refractivity contribution in [2.45, 2.75) is 12.8 Å². The normalized spacial score (nSPS) is 15.8. The molecule has 1 heterocycles. The lowest BCUT2D eigenvalue weighted by molar-refractivity contribution is -0.145. The number of benzene rings is 1. The predicted octanol–water partition coefficient (Wildman–Crippen LogP) is 1.15. The van der Waals surface area contributed by atoms with Crippen LogP contribution in [0.15, 0.2) is 24.3 Å². The van der Waals surface area contributed by atoms with Gasteiger partial charge in [0.1, 0.15) is 5.75 Å². The van der Waals surface area contributed by atoms with E-state index in [4.69, 9.17) is 5.11 Å². The van der Waals surface area contributed by atoms with E-state index in [1.807, 2.05) is 11.9 Å². The van der Waals surface area contributed by atoms with E-state index in [2.05, 4.69) is 0 Å². The molecule has 21 heavy (non-hydrogen) atoms. The number of carbonyl (C=O) groups is 2. The van der Waals surface area contributed by atoms with Gasteiger partial charge in [0.15, 0.2) is 0 Å². The molecule has 2 N–H and O–H groups in total. The third-order valence-electron chi connectivity index (χ3n) is 3.86. The number of carboxylic acid groups (broad SMARTS) is 1. The van der Waals surface area contributed by atoms with Gasteiger partial charge in [0.05, 0.1) is 12.5 Å². The van der Waals surface area contributed by atoms with E-state index in [9.17, 15) is 14.7 Å². The molecule has 6 heteroatoms. The van der Waals surface area contributed by atoms with Crippen LogP contribution < -0.4 is 4.90 Å². The molecule has 1 aromatic rings. The zero-order valence-corrected chi connectivity index (χ0v) is 12.0. The van der Waals surface area contributed by atoms with Crippen molar-refractivity contribution < 1.29 is 19.8 Å². The molecule has 0 aromatic heterocycles. The summed E-state index contributed by atoms with van der Waals surface area (Å²) in [5.74, 6) is -0.921. The molecule has 1 saturated heterocycles. The van der Waals surface area contributed by atoms with Crippen molar-refractivity contribution in [3.8, 4) is 5.75 Å². The van der Waals surface area contributed by atoms with E-state index in [1.54, 1.807) is 29.2 Å². The minimum atomic E-state index is -0.775. The van der Waals surface area contributed by atoms with E-state index in [1.165, 1.54) is 0 Å². The summed E-state index contributed by atoms with van der Waals surface area (Å²) in [6.45, 7) is 1.24. The lowest BCUT2D eigenvalue weighted by atomic mass is 9.97. The molecule has 114 valence electrons. The van der Waals surface area contributed by atoms with E-state index in [0.717, 1.165) is 5.69 Å². The Bertz CT molecular complexity index is 507. The smallest absolute Gasteiger partial charge is 0.306 e. The van der Waals surface area contributed by atoms with Crippen LogP contribution >= 0.6 is 0 Å². The number of hydrogen-bond acceptors (Lipinski definition) is 4. The minimum Gasteiger partial charge on any atom is -0.508 e. The Morgan fingerprint density at radius 3 is 2.33 bits per heavy atom. The average molecular weight is 292 g/mol. The second kappa shape index (κ2) is 6.47. The van der Waals surface area contributed by atoms with Crippen molar-refractivity contribution in [1.82, 2.24) is 4.90 Å². The van der Waals surface area contributed by atoms with Crippen LogP contribution in [0.5, 0.6) is 5.75 Å². The number of rotatable bonds is 4. The number of anilines is 1. The Labute approximate surface area is 123 Å². The lowest BCUT2D eigenvalue weighted by Crippen LogP contribution is -2.44. The molecular weight excluding hydrogens is 272 g/mol. The van der Waals surface area contributed by atoms with Gasteiger partial charge in [-0.25, -0.2) is 0 Å². The van der Waals surface area contributed by atoms with Gasteiger partial charge in [-0.05, 0) is 37.1 Å². The number of likely N-dealkylation sites (N-methyl/N-ethyl adjacent to an activating group) is 1. The summed E-state index contributed by atoms with van der Waals surface area (Å²) in [6, 6.07) is 6.65. The molecule has 2 rings (SSSR count). The summed E-state index contributed by atoms with van der Waals surface area (Å²) in [5.41, 5.74) is 0.849. The highest BCUT2D eigenvalue weighted by atomic mass is 16.4. The van der Waals surface area contributed by atoms with Crippen LogP contribution in [0.2, 0.25) is 0 Å². The first-order chi connectivity index (χ1) is 9.97. The molecule has 1 aliphatic heterocycles. The van der Waals surface area contributed by atoms with Gasteiger partial charge in [0.25, 0.3) is 0 Å². The van der Waals surface area contributed by atoms with Gasteiger partial charge >= 0.3 is 5.97 Å². The Morgan fingerprint density at radius 1 is 1.24 bits per heavy atom. The zero-order chi connectivity index (χ0) is 15.4. The van der Waals surface area contributed by atoms with Crippen molar-refractivity contribution in [2.75, 3.05) is 31.6 Å². The van der Waals surface area contributed by atoms with Crippen LogP contribution in [0.25, 0.3) is 0 Å². The van der Waals surface area contributed by atoms with Crippen molar-refractivity contribution in [3.05, 3.63) is 24.3 Å². The largest absolute Gasteiger partial charge is 0.508 e. The first kappa shape index (κ1) is 15.2. The number of aliphatic carboxylic acids is 1. The Kier molecular flexibility index (Phi) is 4.67. The first-order valence-corrected chi connectivity index (χ1v) is 6.98. The summed E-state index contributed by atoms with van der Waals surface area (Å²) in [4.78, 5) is 26.6. The number of amides is 1. The van der Waals surface area contributed by atoms with Crippen LogP contribution in [0.3, 0.4) is 0 Å². The van der Waals surface area contributed by atoms with Gasteiger partial charge in [-0.2, -0.15) is 0 Å². The molecule has 0 bridgehead atoms. The summed E-state index contributed by atoms with van der Waals surface area (Å²) >= 11 is 0. The topological polar surface area (TPSA) is 81.1 Å². The van der Waals surface area contributed by atoms with Crippen molar-refractivity contribution in [1.29, 1.82) is 0 Å². The molecule has 0 radical (unpaired) electrons. The van der Waals surface area contributed by atoms with E-state index in [0.29, 0.717) is 25.9 Å². The van der Waals surface area contributed by atoms with Crippen LogP contribution in [0.1, 0.15) is 12.8 Å². The third-order valence-corrected chi connectivity index (χ3v) is 3.86. The highest BCUT2D eigenvalue weighted by Gasteiger charge is 2.27. The molecule has 1 fully saturated rings. The van der Waals surface area contributed by atoms with E-state index in [-0.39, 0.29) is 24.1 Å². The van der Waals surface area contributed by atoms with E-state index < -0.39 is 5.97 Å². The van der Waals surface area contributed by atoms with Crippen molar-refractivity contribution in [3.63, 3.8) is 0 Å². The fraction of sp³-hybridized carbons (Fsp3) is 0.467. The standard InChI is InChI=1S/C15H20N2O4/c1-16(12-2-4-13(18)5-3-12)10-14(19)17-8-6-11(7-9-17)15(20)21/h2-5,11,18H,6-10H2,1H3,(H,20,21). The monoisotopic (exact) mass is 292 g/mol. The average Bonchev–Trinajstić information content (AvgIpc) is 2.47. The first-order valence-electron chi connectivity index (χ1n) is 6.98. The number of nitrogens with zero attached hydrogens (tertiary/aromatic N) is 2. The van der Waals surface area contributed by atoms with E-state index >= 15 is 0 Å². The maximum Gasteiger partial charge on any atom is 0.306 e. The van der Waals surface area contributed by atoms with Gasteiger partial charge in [0.2, 0.25) is 5.91 Å². The second-order valence-electron chi connectivity index (χ2n) is 5.37. The molecular formula is C15H20N2O4. The summed E-state index contributed by atoms with van der Waals surface area (Å²) in [6.07, 6.45) is 1.04. The zero-order valence-electron chi connectivity index (χ0n) is 12.0. The number of carbonyl (C=O) groups excluding carboxylic acids is 1. The van der Waals surface area contributed by atoms with Gasteiger partial charge in [-0.3, -0.25) is 9.59 Å². The number of hydrogen-bond donors (Lipinski definition) is 2. The van der Waals surface area contributed by atoms with Crippen molar-refractivity contribution in [2.24, 2.45) is 5.92 Å². The molecule has 0 saturated carbocycles. The number of piperidine rings is 1. The SMILES string of the molecule is CN(CC(=O)N1CCC(C(=O)O)CC1)c1ccc(O)cc1. The Hall–Kier alpha value is -2.24. The highest BCUT2D eigenvalue weighted by Crippen LogP contribution is 2.19. The molecule has 6 nitrogen and oxygen atoms in total. The van der Waals surface area contributed by atoms with Gasteiger partial charge in [0, 0.05) is 25.8 Å². The molecule has 1 amide bonds. The van der Waals surface area contributed by atoms with Gasteiger partial charge < -0.3 is 20.0 Å². The molecule has 0 atom stereocenters. The maximum atomic E-state index is 12.2. The van der Waals surface area contributed by atoms with Gasteiger partial charge in [-0.15, -0.1) is 0 Å². The molecule has 1 aliphatic rings. The third kappa shape index (κ3) is 3.87. The van der Waals surface area contributed by atoms with Gasteiger partial charge in [-0.1, -0.05) is 0 Å². The molecule has 0 unspecified atom stereocenters. The second-order valence-corrected chi connectivity index (χ2v) is 5.37. The fourth-order valence-corrected chi connectivity index (χ4v) is 2.48. The number of aromatic hydroxyl groups is 1. The van der Waals surface area contributed by atoms with Crippen LogP contribution in [0, 0.1) is 5.92 Å². The highest BCUT2D eigenvalue weighted by molar-refractivity contribution is 5.81. The predicted molar refractivity (Wildman–Crippen MR) is 78.3 cm³/mol. The van der Waals surface area contributed by atoms with Crippen LogP contribution in [-0.4, -0.2) is 53.7 Å². The quantitative estimate of drug-likeness (QED) is 0.870. The van der Waals surface area contributed by atoms with Crippen LogP contribution in [0.4, 0.5) is 5.69 Å². The molecule has 1 aromatic carbocycles. The minimum absolute atomic E-state index is 0.00517. The molecule has 0 spiro atoms. The van der Waals surface area contributed by atoms with Crippen LogP contribution in [-0.2, 0) is 9.59 Å². The maximum absolute atomic E-state index is 12.2.